The fourth-order valence-electron chi connectivity index (χ4n) is 3.11. The normalized spacial score (nSPS) is 16.3. The third-order valence-electron chi connectivity index (χ3n) is 4.11. The predicted molar refractivity (Wildman–Crippen MR) is 84.1 cm³/mol. The summed E-state index contributed by atoms with van der Waals surface area (Å²) in [6, 6.07) is 7.23. The number of hydrogen-bond acceptors (Lipinski definition) is 3. The summed E-state index contributed by atoms with van der Waals surface area (Å²) in [7, 11) is 1.56. The van der Waals surface area contributed by atoms with Gasteiger partial charge in [0.2, 0.25) is 0 Å². The molecule has 1 N–H and O–H groups in total. The molecule has 1 aliphatic rings. The van der Waals surface area contributed by atoms with E-state index in [0.29, 0.717) is 27.8 Å². The molecule has 1 atom stereocenters. The molecule has 1 aliphatic carbocycles. The molecule has 0 saturated heterocycles. The van der Waals surface area contributed by atoms with Crippen LogP contribution in [0.5, 0.6) is 5.75 Å². The van der Waals surface area contributed by atoms with Crippen molar-refractivity contribution in [2.24, 2.45) is 0 Å². The highest BCUT2D eigenvalue weighted by atomic mass is 16.5. The van der Waals surface area contributed by atoms with Crippen LogP contribution in [0, 0.1) is 0 Å². The van der Waals surface area contributed by atoms with Crippen LogP contribution in [0.4, 0.5) is 0 Å². The average molecular weight is 294 g/mol. The third kappa shape index (κ3) is 1.85. The first-order chi connectivity index (χ1) is 10.6. The van der Waals surface area contributed by atoms with Gasteiger partial charge in [-0.25, -0.2) is 9.59 Å². The Hall–Kier alpha value is -2.84. The van der Waals surface area contributed by atoms with Crippen LogP contribution in [0.1, 0.15) is 34.3 Å². The number of carboxylic acids is 1. The van der Waals surface area contributed by atoms with E-state index >= 15 is 0 Å². The smallest absolute Gasteiger partial charge is 0.336 e. The Bertz CT molecular complexity index is 870. The van der Waals surface area contributed by atoms with E-state index in [-0.39, 0.29) is 11.5 Å². The van der Waals surface area contributed by atoms with Crippen LogP contribution in [-0.2, 0) is 4.79 Å². The molecule has 0 aromatic heterocycles. The van der Waals surface area contributed by atoms with E-state index < -0.39 is 5.97 Å². The zero-order valence-electron chi connectivity index (χ0n) is 12.2. The summed E-state index contributed by atoms with van der Waals surface area (Å²) < 4.78 is 5.53. The molecule has 0 heterocycles. The summed E-state index contributed by atoms with van der Waals surface area (Å²) in [5, 5.41) is 11.1. The number of rotatable bonds is 2. The molecule has 110 valence electrons. The largest absolute Gasteiger partial charge is 0.495 e. The number of hydrogen-bond donors (Lipinski definition) is 1. The highest BCUT2D eigenvalue weighted by Crippen LogP contribution is 2.44. The van der Waals surface area contributed by atoms with Crippen molar-refractivity contribution in [3.05, 3.63) is 52.6 Å². The fourth-order valence-corrected chi connectivity index (χ4v) is 3.11. The standard InChI is InChI=1S/C18H14O4/c1-10-11(9-19)7-8-14-15(10)16(18(20)21)12-5-3-4-6-13(12)17(14)22-2/h3-8,10H,1-2H3,(H,20,21). The van der Waals surface area contributed by atoms with E-state index in [2.05, 4.69) is 0 Å². The maximum absolute atomic E-state index is 11.9. The Labute approximate surface area is 127 Å². The van der Waals surface area contributed by atoms with Gasteiger partial charge in [0, 0.05) is 27.8 Å². The van der Waals surface area contributed by atoms with Gasteiger partial charge < -0.3 is 9.84 Å². The number of allylic oxidation sites excluding steroid dienone is 2. The minimum atomic E-state index is -1.01. The van der Waals surface area contributed by atoms with Crippen molar-refractivity contribution in [3.8, 4) is 5.75 Å². The topological polar surface area (TPSA) is 63.6 Å². The lowest BCUT2D eigenvalue weighted by atomic mass is 9.79. The van der Waals surface area contributed by atoms with Crippen molar-refractivity contribution < 1.29 is 19.4 Å². The molecule has 0 saturated carbocycles. The molecule has 1 unspecified atom stereocenters. The van der Waals surface area contributed by atoms with E-state index in [1.165, 1.54) is 0 Å². The molecule has 3 rings (SSSR count). The van der Waals surface area contributed by atoms with E-state index in [1.54, 1.807) is 31.4 Å². The van der Waals surface area contributed by atoms with Crippen molar-refractivity contribution in [3.63, 3.8) is 0 Å². The van der Waals surface area contributed by atoms with Crippen LogP contribution in [0.15, 0.2) is 35.9 Å². The van der Waals surface area contributed by atoms with Gasteiger partial charge in [-0.15, -0.1) is 0 Å². The van der Waals surface area contributed by atoms with E-state index in [4.69, 9.17) is 4.74 Å². The number of fused-ring (bicyclic) bond motifs is 2. The summed E-state index contributed by atoms with van der Waals surface area (Å²) >= 11 is 0. The molecule has 22 heavy (non-hydrogen) atoms. The Morgan fingerprint density at radius 3 is 2.50 bits per heavy atom. The number of carbonyl (C=O) groups is 1. The molecule has 4 heteroatoms. The number of benzene rings is 2. The first-order valence-electron chi connectivity index (χ1n) is 6.89. The van der Waals surface area contributed by atoms with Gasteiger partial charge in [-0.05, 0) is 17.7 Å². The molecule has 0 amide bonds. The highest BCUT2D eigenvalue weighted by Gasteiger charge is 2.29. The van der Waals surface area contributed by atoms with Crippen LogP contribution >= 0.6 is 0 Å². The summed E-state index contributed by atoms with van der Waals surface area (Å²) in [5.74, 6) is 1.16. The van der Waals surface area contributed by atoms with Crippen LogP contribution in [0.3, 0.4) is 0 Å². The first kappa shape index (κ1) is 14.1. The van der Waals surface area contributed by atoms with Gasteiger partial charge in [0.05, 0.1) is 12.7 Å². The SMILES string of the molecule is COc1c2c(c(C(=O)O)c3ccccc13)C(C)C(=C=O)C=C2. The Morgan fingerprint density at radius 2 is 1.91 bits per heavy atom. The molecule has 2 aromatic carbocycles. The molecule has 0 radical (unpaired) electrons. The quantitative estimate of drug-likeness (QED) is 0.862. The summed E-state index contributed by atoms with van der Waals surface area (Å²) in [6.45, 7) is 1.81. The second-order valence-corrected chi connectivity index (χ2v) is 5.20. The molecule has 0 fully saturated rings. The summed E-state index contributed by atoms with van der Waals surface area (Å²) in [6.07, 6.45) is 3.40. The van der Waals surface area contributed by atoms with Crippen molar-refractivity contribution >= 4 is 28.8 Å². The number of carboxylic acid groups (broad SMARTS) is 1. The van der Waals surface area contributed by atoms with Gasteiger partial charge in [0.15, 0.2) is 0 Å². The fraction of sp³-hybridized carbons (Fsp3) is 0.167. The lowest BCUT2D eigenvalue weighted by molar-refractivity contribution is 0.0697. The second kappa shape index (κ2) is 5.17. The van der Waals surface area contributed by atoms with Crippen LogP contribution in [0.2, 0.25) is 0 Å². The molecule has 0 spiro atoms. The van der Waals surface area contributed by atoms with Crippen molar-refractivity contribution in [2.75, 3.05) is 7.11 Å². The average Bonchev–Trinajstić information content (AvgIpc) is 2.52. The number of aromatic carboxylic acids is 1. The maximum Gasteiger partial charge on any atom is 0.336 e. The Morgan fingerprint density at radius 1 is 1.23 bits per heavy atom. The minimum Gasteiger partial charge on any atom is -0.495 e. The highest BCUT2D eigenvalue weighted by molar-refractivity contribution is 6.10. The Kier molecular flexibility index (Phi) is 3.32. The lowest BCUT2D eigenvalue weighted by Crippen LogP contribution is -2.13. The zero-order chi connectivity index (χ0) is 15.9. The predicted octanol–water partition coefficient (Wildman–Crippen LogP) is 3.43. The summed E-state index contributed by atoms with van der Waals surface area (Å²) in [5.41, 5.74) is 1.97. The van der Waals surface area contributed by atoms with Crippen molar-refractivity contribution in [2.45, 2.75) is 12.8 Å². The van der Waals surface area contributed by atoms with Gasteiger partial charge in [0.1, 0.15) is 11.7 Å². The molecule has 0 bridgehead atoms. The zero-order valence-corrected chi connectivity index (χ0v) is 12.2. The number of methoxy groups -OCH3 is 1. The van der Waals surface area contributed by atoms with Crippen LogP contribution < -0.4 is 4.74 Å². The third-order valence-corrected chi connectivity index (χ3v) is 4.11. The van der Waals surface area contributed by atoms with Crippen molar-refractivity contribution in [1.29, 1.82) is 0 Å². The second-order valence-electron chi connectivity index (χ2n) is 5.20. The van der Waals surface area contributed by atoms with E-state index in [1.807, 2.05) is 25.0 Å². The van der Waals surface area contributed by atoms with Gasteiger partial charge in [-0.1, -0.05) is 31.2 Å². The van der Waals surface area contributed by atoms with Gasteiger partial charge >= 0.3 is 5.97 Å². The monoisotopic (exact) mass is 294 g/mol. The van der Waals surface area contributed by atoms with Crippen molar-refractivity contribution in [1.82, 2.24) is 0 Å². The van der Waals surface area contributed by atoms with Gasteiger partial charge in [-0.2, -0.15) is 0 Å². The number of carbonyl (C=O) groups excluding carboxylic acids is 1. The van der Waals surface area contributed by atoms with E-state index in [0.717, 1.165) is 5.39 Å². The van der Waals surface area contributed by atoms with Crippen LogP contribution in [-0.4, -0.2) is 24.1 Å². The molecule has 2 aromatic rings. The Balaban J connectivity index is 2.56. The van der Waals surface area contributed by atoms with Gasteiger partial charge in [0.25, 0.3) is 0 Å². The number of ether oxygens (including phenoxy) is 1. The minimum absolute atomic E-state index is 0.219. The lowest BCUT2D eigenvalue weighted by Gasteiger charge is -2.24. The molecule has 0 aliphatic heterocycles. The molecular formula is C18H14O4. The first-order valence-corrected chi connectivity index (χ1v) is 6.89. The summed E-state index contributed by atoms with van der Waals surface area (Å²) in [4.78, 5) is 22.9. The van der Waals surface area contributed by atoms with Gasteiger partial charge in [-0.3, -0.25) is 0 Å². The molecular weight excluding hydrogens is 280 g/mol. The maximum atomic E-state index is 11.9. The molecule has 4 nitrogen and oxygen atoms in total. The van der Waals surface area contributed by atoms with E-state index in [9.17, 15) is 14.7 Å². The van der Waals surface area contributed by atoms with Crippen LogP contribution in [0.25, 0.3) is 16.8 Å².